The van der Waals surface area contributed by atoms with Crippen LogP contribution in [0.2, 0.25) is 0 Å². The highest BCUT2D eigenvalue weighted by Gasteiger charge is 2.29. The maximum Gasteiger partial charge on any atom is 0.206 e. The number of nitrogens with zero attached hydrogens (tertiary/aromatic N) is 3. The molecule has 2 heterocycles. The molecule has 0 radical (unpaired) electrons. The molecule has 2 aromatic rings. The van der Waals surface area contributed by atoms with Gasteiger partial charge in [-0.2, -0.15) is 0 Å². The van der Waals surface area contributed by atoms with Gasteiger partial charge in [0.05, 0.1) is 11.0 Å². The molecule has 0 unspecified atom stereocenters. The monoisotopic (exact) mass is 258 g/mol. The quantitative estimate of drug-likeness (QED) is 0.896. The fourth-order valence-corrected chi connectivity index (χ4v) is 2.87. The number of benzene rings is 1. The lowest BCUT2D eigenvalue weighted by molar-refractivity contribution is 0.303. The molecule has 0 amide bonds. The number of para-hydroxylation sites is 2. The number of hydrogen-bond donors (Lipinski definition) is 1. The van der Waals surface area contributed by atoms with Gasteiger partial charge in [-0.3, -0.25) is 0 Å². The first kappa shape index (κ1) is 12.5. The molecule has 19 heavy (non-hydrogen) atoms. The minimum Gasteiger partial charge on any atom is -0.342 e. The lowest BCUT2D eigenvalue weighted by Gasteiger charge is -2.39. The molecule has 0 bridgehead atoms. The average molecular weight is 258 g/mol. The highest BCUT2D eigenvalue weighted by atomic mass is 15.3. The van der Waals surface area contributed by atoms with Crippen molar-refractivity contribution in [3.8, 4) is 0 Å². The Morgan fingerprint density at radius 1 is 1.21 bits per heavy atom. The van der Waals surface area contributed by atoms with Gasteiger partial charge in [-0.25, -0.2) is 4.98 Å². The molecule has 4 nitrogen and oxygen atoms in total. The topological polar surface area (TPSA) is 33.1 Å². The molecule has 1 aromatic carbocycles. The van der Waals surface area contributed by atoms with Crippen molar-refractivity contribution in [1.82, 2.24) is 14.9 Å². The summed E-state index contributed by atoms with van der Waals surface area (Å²) in [5.41, 5.74) is 2.57. The van der Waals surface area contributed by atoms with E-state index < -0.39 is 0 Å². The average Bonchev–Trinajstić information content (AvgIpc) is 2.78. The zero-order chi connectivity index (χ0) is 13.5. The van der Waals surface area contributed by atoms with E-state index in [9.17, 15) is 0 Å². The highest BCUT2D eigenvalue weighted by Crippen LogP contribution is 2.27. The van der Waals surface area contributed by atoms with Crippen LogP contribution in [0.4, 0.5) is 5.95 Å². The summed E-state index contributed by atoms with van der Waals surface area (Å²) >= 11 is 0. The summed E-state index contributed by atoms with van der Waals surface area (Å²) in [5.74, 6) is 1.10. The summed E-state index contributed by atoms with van der Waals surface area (Å²) in [4.78, 5) is 7.18. The number of fused-ring (bicyclic) bond motifs is 1. The van der Waals surface area contributed by atoms with Crippen molar-refractivity contribution in [2.75, 3.05) is 25.0 Å². The van der Waals surface area contributed by atoms with E-state index in [0.717, 1.165) is 37.4 Å². The van der Waals surface area contributed by atoms with Gasteiger partial charge in [0.1, 0.15) is 0 Å². The lowest BCUT2D eigenvalue weighted by atomic mass is 9.90. The van der Waals surface area contributed by atoms with Crippen LogP contribution in [0, 0.1) is 0 Å². The first-order valence-electron chi connectivity index (χ1n) is 6.98. The van der Waals surface area contributed by atoms with Gasteiger partial charge in [-0.1, -0.05) is 12.1 Å². The molecule has 0 saturated carbocycles. The van der Waals surface area contributed by atoms with Crippen LogP contribution in [-0.2, 0) is 7.05 Å². The van der Waals surface area contributed by atoms with Gasteiger partial charge in [0, 0.05) is 25.7 Å². The van der Waals surface area contributed by atoms with Crippen molar-refractivity contribution in [2.45, 2.75) is 25.3 Å². The number of aromatic nitrogens is 2. The van der Waals surface area contributed by atoms with Crippen molar-refractivity contribution < 1.29 is 0 Å². The molecule has 4 heteroatoms. The SMILES string of the molecule is CNC1(C)CCN(c2nc3ccccc3n2C)CC1. The van der Waals surface area contributed by atoms with E-state index in [1.807, 2.05) is 6.07 Å². The Labute approximate surface area is 114 Å². The van der Waals surface area contributed by atoms with Crippen LogP contribution in [-0.4, -0.2) is 35.2 Å². The summed E-state index contributed by atoms with van der Waals surface area (Å²) in [7, 11) is 4.17. The molecule has 0 atom stereocenters. The second-order valence-electron chi connectivity index (χ2n) is 5.76. The zero-order valence-corrected chi connectivity index (χ0v) is 12.0. The third-order valence-corrected chi connectivity index (χ3v) is 4.52. The summed E-state index contributed by atoms with van der Waals surface area (Å²) < 4.78 is 2.21. The lowest BCUT2D eigenvalue weighted by Crippen LogP contribution is -2.50. The van der Waals surface area contributed by atoms with Gasteiger partial charge in [0.15, 0.2) is 0 Å². The summed E-state index contributed by atoms with van der Waals surface area (Å²) in [6, 6.07) is 8.34. The Morgan fingerprint density at radius 2 is 1.89 bits per heavy atom. The third-order valence-electron chi connectivity index (χ3n) is 4.52. The standard InChI is InChI=1S/C15H22N4/c1-15(16-2)8-10-19(11-9-15)14-17-12-6-4-5-7-13(12)18(14)3/h4-7,16H,8-11H2,1-3H3. The van der Waals surface area contributed by atoms with Crippen LogP contribution in [0.3, 0.4) is 0 Å². The summed E-state index contributed by atoms with van der Waals surface area (Å²) in [6.07, 6.45) is 2.32. The minimum atomic E-state index is 0.279. The molecule has 1 fully saturated rings. The van der Waals surface area contributed by atoms with Crippen LogP contribution in [0.15, 0.2) is 24.3 Å². The van der Waals surface area contributed by atoms with Gasteiger partial charge in [-0.05, 0) is 38.9 Å². The molecule has 0 spiro atoms. The smallest absolute Gasteiger partial charge is 0.206 e. The molecule has 3 rings (SSSR count). The molecule has 1 aliphatic rings. The van der Waals surface area contributed by atoms with E-state index in [2.05, 4.69) is 54.0 Å². The second-order valence-corrected chi connectivity index (χ2v) is 5.76. The van der Waals surface area contributed by atoms with E-state index in [1.165, 1.54) is 5.52 Å². The Bertz CT molecular complexity index is 579. The molecular weight excluding hydrogens is 236 g/mol. The molecule has 1 aromatic heterocycles. The van der Waals surface area contributed by atoms with Gasteiger partial charge in [0.25, 0.3) is 0 Å². The van der Waals surface area contributed by atoms with Crippen molar-refractivity contribution in [1.29, 1.82) is 0 Å². The summed E-state index contributed by atoms with van der Waals surface area (Å²) in [6.45, 7) is 4.43. The molecule has 1 aliphatic heterocycles. The number of aryl methyl sites for hydroxylation is 1. The van der Waals surface area contributed by atoms with Crippen LogP contribution in [0.25, 0.3) is 11.0 Å². The number of piperidine rings is 1. The third kappa shape index (κ3) is 2.10. The first-order chi connectivity index (χ1) is 9.13. The van der Waals surface area contributed by atoms with Crippen LogP contribution in [0.1, 0.15) is 19.8 Å². The number of anilines is 1. The van der Waals surface area contributed by atoms with Crippen molar-refractivity contribution in [3.05, 3.63) is 24.3 Å². The Hall–Kier alpha value is -1.55. The number of imidazole rings is 1. The maximum atomic E-state index is 4.78. The van der Waals surface area contributed by atoms with E-state index in [-0.39, 0.29) is 5.54 Å². The largest absolute Gasteiger partial charge is 0.342 e. The molecule has 0 aliphatic carbocycles. The Balaban J connectivity index is 1.88. The predicted octanol–water partition coefficient (Wildman–Crippen LogP) is 2.15. The maximum absolute atomic E-state index is 4.78. The van der Waals surface area contributed by atoms with Crippen molar-refractivity contribution in [3.63, 3.8) is 0 Å². The molecule has 1 N–H and O–H groups in total. The van der Waals surface area contributed by atoms with Crippen LogP contribution in [0.5, 0.6) is 0 Å². The van der Waals surface area contributed by atoms with Gasteiger partial charge >= 0.3 is 0 Å². The minimum absolute atomic E-state index is 0.279. The number of nitrogens with one attached hydrogen (secondary N) is 1. The first-order valence-corrected chi connectivity index (χ1v) is 6.98. The van der Waals surface area contributed by atoms with E-state index in [4.69, 9.17) is 4.98 Å². The predicted molar refractivity (Wildman–Crippen MR) is 79.6 cm³/mol. The zero-order valence-electron chi connectivity index (χ0n) is 12.0. The molecular formula is C15H22N4. The highest BCUT2D eigenvalue weighted by molar-refractivity contribution is 5.78. The number of hydrogen-bond acceptors (Lipinski definition) is 3. The summed E-state index contributed by atoms with van der Waals surface area (Å²) in [5, 5.41) is 3.44. The normalized spacial score (nSPS) is 19.0. The fraction of sp³-hybridized carbons (Fsp3) is 0.533. The molecule has 1 saturated heterocycles. The fourth-order valence-electron chi connectivity index (χ4n) is 2.87. The van der Waals surface area contributed by atoms with Gasteiger partial charge in [0.2, 0.25) is 5.95 Å². The molecule has 102 valence electrons. The van der Waals surface area contributed by atoms with E-state index >= 15 is 0 Å². The van der Waals surface area contributed by atoms with Crippen molar-refractivity contribution >= 4 is 17.0 Å². The van der Waals surface area contributed by atoms with Gasteiger partial charge in [-0.15, -0.1) is 0 Å². The second kappa shape index (κ2) is 4.53. The van der Waals surface area contributed by atoms with E-state index in [1.54, 1.807) is 0 Å². The van der Waals surface area contributed by atoms with Crippen LogP contribution < -0.4 is 10.2 Å². The van der Waals surface area contributed by atoms with Crippen molar-refractivity contribution in [2.24, 2.45) is 7.05 Å². The van der Waals surface area contributed by atoms with Gasteiger partial charge < -0.3 is 14.8 Å². The Kier molecular flexibility index (Phi) is 2.97. The van der Waals surface area contributed by atoms with E-state index in [0.29, 0.717) is 0 Å². The number of rotatable bonds is 2. The van der Waals surface area contributed by atoms with Crippen LogP contribution >= 0.6 is 0 Å². The Morgan fingerprint density at radius 3 is 2.53 bits per heavy atom.